The molecule has 4 rings (SSSR count). The van der Waals surface area contributed by atoms with Crippen LogP contribution in [0.15, 0.2) is 70.8 Å². The van der Waals surface area contributed by atoms with E-state index in [9.17, 15) is 9.18 Å². The van der Waals surface area contributed by atoms with Gasteiger partial charge in [-0.25, -0.2) is 14.4 Å². The van der Waals surface area contributed by atoms with Gasteiger partial charge >= 0.3 is 0 Å². The first-order valence-corrected chi connectivity index (χ1v) is 9.81. The maximum atomic E-state index is 13.4. The third-order valence-corrected chi connectivity index (χ3v) is 5.26. The summed E-state index contributed by atoms with van der Waals surface area (Å²) in [7, 11) is 0. The monoisotopic (exact) mass is 407 g/mol. The molecule has 1 amide bonds. The van der Waals surface area contributed by atoms with Gasteiger partial charge in [0.15, 0.2) is 11.5 Å². The number of carbonyl (C=O) groups excluding carboxylic acids is 1. The summed E-state index contributed by atoms with van der Waals surface area (Å²) in [4.78, 5) is 24.8. The Hall–Kier alpha value is -3.39. The van der Waals surface area contributed by atoms with E-state index >= 15 is 0 Å². The second-order valence-corrected chi connectivity index (χ2v) is 7.46. The predicted molar refractivity (Wildman–Crippen MR) is 111 cm³/mol. The summed E-state index contributed by atoms with van der Waals surface area (Å²) in [5, 5.41) is 4.44. The first-order chi connectivity index (χ1) is 14.1. The average molecular weight is 407 g/mol. The Morgan fingerprint density at radius 1 is 1.21 bits per heavy atom. The zero-order valence-electron chi connectivity index (χ0n) is 15.4. The van der Waals surface area contributed by atoms with E-state index in [0.717, 1.165) is 16.5 Å². The van der Waals surface area contributed by atoms with Crippen molar-refractivity contribution in [1.82, 2.24) is 20.3 Å². The SMILES string of the molecule is Nc1ncc(Sc2cccc(F)c2)nc1C(=O)NCCc1c[nH]c2ccccc12. The molecule has 2 aromatic carbocycles. The maximum Gasteiger partial charge on any atom is 0.273 e. The molecule has 2 aromatic heterocycles. The van der Waals surface area contributed by atoms with Gasteiger partial charge in [0.25, 0.3) is 5.91 Å². The normalized spacial score (nSPS) is 10.9. The molecular formula is C21H18FN5OS. The van der Waals surface area contributed by atoms with Crippen molar-refractivity contribution in [2.24, 2.45) is 0 Å². The van der Waals surface area contributed by atoms with Gasteiger partial charge in [0.05, 0.1) is 6.20 Å². The summed E-state index contributed by atoms with van der Waals surface area (Å²) in [5.41, 5.74) is 8.08. The molecule has 8 heteroatoms. The molecule has 0 aliphatic heterocycles. The molecule has 0 atom stereocenters. The molecule has 0 bridgehead atoms. The summed E-state index contributed by atoms with van der Waals surface area (Å²) in [6.45, 7) is 0.434. The van der Waals surface area contributed by atoms with Crippen molar-refractivity contribution in [3.8, 4) is 0 Å². The van der Waals surface area contributed by atoms with Crippen LogP contribution in [0.2, 0.25) is 0 Å². The molecule has 0 saturated carbocycles. The summed E-state index contributed by atoms with van der Waals surface area (Å²) >= 11 is 1.21. The Morgan fingerprint density at radius 2 is 2.07 bits per heavy atom. The molecule has 6 nitrogen and oxygen atoms in total. The number of anilines is 1. The zero-order valence-corrected chi connectivity index (χ0v) is 16.2. The van der Waals surface area contributed by atoms with Crippen LogP contribution in [0.25, 0.3) is 10.9 Å². The van der Waals surface area contributed by atoms with Gasteiger partial charge in [-0.3, -0.25) is 4.79 Å². The van der Waals surface area contributed by atoms with Gasteiger partial charge in [-0.2, -0.15) is 0 Å². The fourth-order valence-corrected chi connectivity index (χ4v) is 3.78. The largest absolute Gasteiger partial charge is 0.382 e. The molecule has 0 saturated heterocycles. The number of fused-ring (bicyclic) bond motifs is 1. The van der Waals surface area contributed by atoms with Crippen LogP contribution in [0.3, 0.4) is 0 Å². The number of nitrogen functional groups attached to an aromatic ring is 1. The first-order valence-electron chi connectivity index (χ1n) is 8.99. The fraction of sp³-hybridized carbons (Fsp3) is 0.0952. The molecule has 2 heterocycles. The number of aromatic amines is 1. The number of hydrogen-bond acceptors (Lipinski definition) is 5. The van der Waals surface area contributed by atoms with E-state index in [0.29, 0.717) is 22.9 Å². The van der Waals surface area contributed by atoms with Crippen molar-refractivity contribution in [2.45, 2.75) is 16.3 Å². The molecule has 4 N–H and O–H groups in total. The Bertz CT molecular complexity index is 1180. The summed E-state index contributed by atoms with van der Waals surface area (Å²) in [6.07, 6.45) is 4.08. The summed E-state index contributed by atoms with van der Waals surface area (Å²) < 4.78 is 13.4. The smallest absolute Gasteiger partial charge is 0.273 e. The third-order valence-electron chi connectivity index (χ3n) is 4.37. The van der Waals surface area contributed by atoms with Crippen molar-refractivity contribution >= 4 is 34.4 Å². The molecular weight excluding hydrogens is 389 g/mol. The minimum absolute atomic E-state index is 0.0539. The average Bonchev–Trinajstić information content (AvgIpc) is 3.13. The number of hydrogen-bond donors (Lipinski definition) is 3. The number of halogens is 1. The quantitative estimate of drug-likeness (QED) is 0.452. The number of para-hydroxylation sites is 1. The Morgan fingerprint density at radius 3 is 2.93 bits per heavy atom. The molecule has 4 aromatic rings. The number of nitrogens with zero attached hydrogens (tertiary/aromatic N) is 2. The molecule has 0 fully saturated rings. The van der Waals surface area contributed by atoms with Crippen LogP contribution in [0, 0.1) is 5.82 Å². The number of nitrogens with two attached hydrogens (primary N) is 1. The van der Waals surface area contributed by atoms with Gasteiger partial charge in [-0.15, -0.1) is 0 Å². The maximum absolute atomic E-state index is 13.4. The number of amides is 1. The van der Waals surface area contributed by atoms with Gasteiger partial charge in [-0.05, 0) is 36.2 Å². The van der Waals surface area contributed by atoms with E-state index in [1.54, 1.807) is 12.1 Å². The van der Waals surface area contributed by atoms with Gasteiger partial charge < -0.3 is 16.0 Å². The van der Waals surface area contributed by atoms with Crippen LogP contribution in [-0.2, 0) is 6.42 Å². The second kappa shape index (κ2) is 8.32. The van der Waals surface area contributed by atoms with Crippen molar-refractivity contribution in [3.05, 3.63) is 78.0 Å². The molecule has 0 radical (unpaired) electrons. The van der Waals surface area contributed by atoms with Crippen LogP contribution in [0.4, 0.5) is 10.2 Å². The highest BCUT2D eigenvalue weighted by Gasteiger charge is 2.15. The summed E-state index contributed by atoms with van der Waals surface area (Å²) in [6, 6.07) is 14.1. The number of H-pyrrole nitrogens is 1. The number of benzene rings is 2. The van der Waals surface area contributed by atoms with Crippen molar-refractivity contribution in [2.75, 3.05) is 12.3 Å². The predicted octanol–water partition coefficient (Wildman–Crippen LogP) is 3.80. The van der Waals surface area contributed by atoms with E-state index in [-0.39, 0.29) is 17.3 Å². The second-order valence-electron chi connectivity index (χ2n) is 6.37. The number of carbonyl (C=O) groups is 1. The molecule has 0 unspecified atom stereocenters. The van der Waals surface area contributed by atoms with Crippen LogP contribution < -0.4 is 11.1 Å². The minimum Gasteiger partial charge on any atom is -0.382 e. The highest BCUT2D eigenvalue weighted by molar-refractivity contribution is 7.99. The van der Waals surface area contributed by atoms with Crippen molar-refractivity contribution in [1.29, 1.82) is 0 Å². The fourth-order valence-electron chi connectivity index (χ4n) is 2.98. The molecule has 29 heavy (non-hydrogen) atoms. The molecule has 0 spiro atoms. The van der Waals surface area contributed by atoms with E-state index in [2.05, 4.69) is 20.3 Å². The number of rotatable bonds is 6. The van der Waals surface area contributed by atoms with Crippen LogP contribution in [0.5, 0.6) is 0 Å². The van der Waals surface area contributed by atoms with E-state index in [1.165, 1.54) is 30.1 Å². The number of nitrogens with one attached hydrogen (secondary N) is 2. The lowest BCUT2D eigenvalue weighted by molar-refractivity contribution is 0.0949. The molecule has 0 aliphatic carbocycles. The van der Waals surface area contributed by atoms with Gasteiger partial charge in [0, 0.05) is 28.5 Å². The van der Waals surface area contributed by atoms with Crippen LogP contribution in [-0.4, -0.2) is 27.4 Å². The van der Waals surface area contributed by atoms with Gasteiger partial charge in [-0.1, -0.05) is 36.0 Å². The molecule has 0 aliphatic rings. The van der Waals surface area contributed by atoms with E-state index < -0.39 is 5.91 Å². The highest BCUT2D eigenvalue weighted by Crippen LogP contribution is 2.27. The highest BCUT2D eigenvalue weighted by atomic mass is 32.2. The minimum atomic E-state index is -0.392. The summed E-state index contributed by atoms with van der Waals surface area (Å²) in [5.74, 6) is -0.677. The van der Waals surface area contributed by atoms with Crippen molar-refractivity contribution in [3.63, 3.8) is 0 Å². The van der Waals surface area contributed by atoms with E-state index in [4.69, 9.17) is 5.73 Å². The standard InChI is InChI=1S/C21H18FN5OS/c22-14-4-3-5-15(10-14)29-18-12-26-20(23)19(27-18)21(28)24-9-8-13-11-25-17-7-2-1-6-16(13)17/h1-7,10-12,25H,8-9H2,(H2,23,26)(H,24,28). The topological polar surface area (TPSA) is 96.7 Å². The van der Waals surface area contributed by atoms with Gasteiger partial charge in [0.1, 0.15) is 10.8 Å². The molecule has 146 valence electrons. The zero-order chi connectivity index (χ0) is 20.2. The first kappa shape index (κ1) is 18.9. The third kappa shape index (κ3) is 4.38. The lowest BCUT2D eigenvalue weighted by Gasteiger charge is -2.08. The van der Waals surface area contributed by atoms with Crippen molar-refractivity contribution < 1.29 is 9.18 Å². The lowest BCUT2D eigenvalue weighted by Crippen LogP contribution is -2.27. The lowest BCUT2D eigenvalue weighted by atomic mass is 10.1. The Labute approximate surface area is 170 Å². The Kier molecular flexibility index (Phi) is 5.44. The van der Waals surface area contributed by atoms with Crippen LogP contribution >= 0.6 is 11.8 Å². The Balaban J connectivity index is 1.42. The van der Waals surface area contributed by atoms with Crippen LogP contribution in [0.1, 0.15) is 16.1 Å². The van der Waals surface area contributed by atoms with E-state index in [1.807, 2.05) is 30.5 Å². The van der Waals surface area contributed by atoms with Gasteiger partial charge in [0.2, 0.25) is 0 Å². The number of aromatic nitrogens is 3.